The number of hydrogen-bond acceptors (Lipinski definition) is 9. The molecule has 0 aromatic carbocycles. The van der Waals surface area contributed by atoms with E-state index in [1.165, 1.54) is 19.0 Å². The molecular weight excluding hydrogens is 472 g/mol. The van der Waals surface area contributed by atoms with Gasteiger partial charge in [0.2, 0.25) is 0 Å². The van der Waals surface area contributed by atoms with Gasteiger partial charge in [-0.25, -0.2) is 14.8 Å². The summed E-state index contributed by atoms with van der Waals surface area (Å²) in [7, 11) is 3.76. The third kappa shape index (κ3) is 4.75. The fraction of sp³-hybridized carbons (Fsp3) is 0.500. The van der Waals surface area contributed by atoms with Gasteiger partial charge >= 0.3 is 6.03 Å². The van der Waals surface area contributed by atoms with Crippen LogP contribution in [0.3, 0.4) is 0 Å². The maximum absolute atomic E-state index is 13.5. The summed E-state index contributed by atoms with van der Waals surface area (Å²) >= 11 is 0. The molecule has 6 rings (SSSR count). The molecule has 4 aliphatic rings. The highest BCUT2D eigenvalue weighted by molar-refractivity contribution is 6.03. The summed E-state index contributed by atoms with van der Waals surface area (Å²) in [5.74, 6) is 0.819. The fourth-order valence-corrected chi connectivity index (χ4v) is 5.67. The third-order valence-electron chi connectivity index (χ3n) is 7.74. The maximum atomic E-state index is 13.5. The third-order valence-corrected chi connectivity index (χ3v) is 7.74. The lowest BCUT2D eigenvalue weighted by Gasteiger charge is -2.57. The minimum atomic E-state index is -0.370. The van der Waals surface area contributed by atoms with E-state index in [1.54, 1.807) is 24.1 Å². The Kier molecular flexibility index (Phi) is 7.06. The number of rotatable bonds is 9. The van der Waals surface area contributed by atoms with E-state index >= 15 is 0 Å². The number of nitrogens with zero attached hydrogens (tertiary/aromatic N) is 5. The second-order valence-electron chi connectivity index (χ2n) is 9.97. The summed E-state index contributed by atoms with van der Waals surface area (Å²) in [6.45, 7) is 2.97. The number of nitriles is 1. The fourth-order valence-electron chi connectivity index (χ4n) is 5.67. The monoisotopic (exact) mass is 504 g/mol. The van der Waals surface area contributed by atoms with Crippen LogP contribution in [0.2, 0.25) is 0 Å². The van der Waals surface area contributed by atoms with Crippen molar-refractivity contribution in [3.63, 3.8) is 0 Å². The van der Waals surface area contributed by atoms with Gasteiger partial charge in [-0.05, 0) is 45.3 Å². The van der Waals surface area contributed by atoms with Crippen LogP contribution >= 0.6 is 0 Å². The van der Waals surface area contributed by atoms with Crippen molar-refractivity contribution in [1.82, 2.24) is 20.2 Å². The highest BCUT2D eigenvalue weighted by atomic mass is 16.5. The van der Waals surface area contributed by atoms with Gasteiger partial charge in [0, 0.05) is 50.1 Å². The number of likely N-dealkylation sites (tertiary alicyclic amines) is 1. The number of aromatic nitrogens is 2. The molecule has 2 fully saturated rings. The Hall–Kier alpha value is -3.59. The van der Waals surface area contributed by atoms with Crippen LogP contribution in [0.4, 0.5) is 22.1 Å². The van der Waals surface area contributed by atoms with Crippen LogP contribution in [-0.2, 0) is 10.3 Å². The summed E-state index contributed by atoms with van der Waals surface area (Å²) in [6, 6.07) is 7.45. The quantitative estimate of drug-likeness (QED) is 0.347. The molecule has 194 valence electrons. The second-order valence-corrected chi connectivity index (χ2v) is 9.97. The number of carbonyl (C=O) groups is 2. The molecule has 3 N–H and O–H groups in total. The van der Waals surface area contributed by atoms with Crippen LogP contribution < -0.4 is 20.9 Å². The zero-order chi connectivity index (χ0) is 26.0. The van der Waals surface area contributed by atoms with Crippen LogP contribution in [-0.4, -0.2) is 79.7 Å². The van der Waals surface area contributed by atoms with Crippen LogP contribution in [0, 0.1) is 11.3 Å². The first-order valence-corrected chi connectivity index (χ1v) is 12.6. The van der Waals surface area contributed by atoms with E-state index in [2.05, 4.69) is 43.9 Å². The number of carbonyl (C=O) groups excluding carboxylic acids is 2. The lowest BCUT2D eigenvalue weighted by molar-refractivity contribution is 0.111. The smallest absolute Gasteiger partial charge is 0.328 e. The standard InChI is InChI=1S/C26H32N8O3/c1-33-8-3-4-19(33)15-30-26-11-20(12-26)34(24-21(26)6-5-18(16-35)31-24)25(36)32-23-10-22(28-7-9-37-2)17(13-27)14-29-23/h5-6,10,14,16,19-20,30H,3-4,7-9,11-12,15H2,1-2H3,(H2,28,29,32,36). The highest BCUT2D eigenvalue weighted by Crippen LogP contribution is 2.53. The molecule has 1 atom stereocenters. The number of amides is 2. The van der Waals surface area contributed by atoms with Gasteiger partial charge in [0.1, 0.15) is 23.4 Å². The normalized spacial score (nSPS) is 24.1. The Morgan fingerprint density at radius 2 is 2.22 bits per heavy atom. The molecule has 2 amide bonds. The molecule has 0 radical (unpaired) electrons. The van der Waals surface area contributed by atoms with E-state index in [0.717, 1.165) is 31.5 Å². The van der Waals surface area contributed by atoms with Crippen molar-refractivity contribution in [3.05, 3.63) is 41.2 Å². The van der Waals surface area contributed by atoms with Crippen molar-refractivity contribution in [2.75, 3.05) is 55.9 Å². The molecule has 5 heterocycles. The minimum Gasteiger partial charge on any atom is -0.383 e. The Morgan fingerprint density at radius 3 is 2.92 bits per heavy atom. The lowest BCUT2D eigenvalue weighted by atomic mass is 9.64. The van der Waals surface area contributed by atoms with Gasteiger partial charge in [0.05, 0.1) is 23.4 Å². The number of aldehydes is 1. The number of hydrogen-bond donors (Lipinski definition) is 3. The molecule has 0 spiro atoms. The van der Waals surface area contributed by atoms with Crippen LogP contribution in [0.1, 0.15) is 47.3 Å². The molecule has 11 heteroatoms. The van der Waals surface area contributed by atoms with Crippen molar-refractivity contribution in [2.24, 2.45) is 0 Å². The number of methoxy groups -OCH3 is 1. The number of likely N-dealkylation sites (N-methyl/N-ethyl adjacent to an activating group) is 1. The van der Waals surface area contributed by atoms with Crippen molar-refractivity contribution < 1.29 is 14.3 Å². The Morgan fingerprint density at radius 1 is 1.38 bits per heavy atom. The highest BCUT2D eigenvalue weighted by Gasteiger charge is 2.56. The van der Waals surface area contributed by atoms with Gasteiger partial charge in [-0.3, -0.25) is 15.0 Å². The molecule has 1 saturated carbocycles. The summed E-state index contributed by atoms with van der Waals surface area (Å²) in [4.78, 5) is 37.9. The number of urea groups is 1. The number of ether oxygens (including phenoxy) is 1. The predicted octanol–water partition coefficient (Wildman–Crippen LogP) is 2.31. The van der Waals surface area contributed by atoms with Crippen molar-refractivity contribution in [3.8, 4) is 6.07 Å². The second kappa shape index (κ2) is 10.4. The van der Waals surface area contributed by atoms with Gasteiger partial charge in [0.15, 0.2) is 6.29 Å². The number of pyridine rings is 2. The minimum absolute atomic E-state index is 0.0478. The number of anilines is 3. The lowest BCUT2D eigenvalue weighted by Crippen LogP contribution is -2.67. The van der Waals surface area contributed by atoms with E-state index < -0.39 is 0 Å². The van der Waals surface area contributed by atoms with Gasteiger partial charge in [-0.1, -0.05) is 6.07 Å². The molecule has 3 aliphatic heterocycles. The van der Waals surface area contributed by atoms with E-state index in [1.807, 2.05) is 6.07 Å². The van der Waals surface area contributed by atoms with E-state index in [4.69, 9.17) is 4.74 Å². The zero-order valence-electron chi connectivity index (χ0n) is 21.2. The Labute approximate surface area is 216 Å². The molecule has 1 aliphatic carbocycles. The molecule has 1 saturated heterocycles. The molecule has 11 nitrogen and oxygen atoms in total. The average molecular weight is 505 g/mol. The van der Waals surface area contributed by atoms with Crippen molar-refractivity contribution in [2.45, 2.75) is 43.3 Å². The first-order chi connectivity index (χ1) is 18.0. The first kappa shape index (κ1) is 25.1. The van der Waals surface area contributed by atoms with E-state index in [0.29, 0.717) is 48.4 Å². The zero-order valence-corrected chi connectivity index (χ0v) is 21.2. The van der Waals surface area contributed by atoms with E-state index in [9.17, 15) is 14.9 Å². The predicted molar refractivity (Wildman–Crippen MR) is 139 cm³/mol. The summed E-state index contributed by atoms with van der Waals surface area (Å²) in [5.41, 5.74) is 1.90. The summed E-state index contributed by atoms with van der Waals surface area (Å²) < 4.78 is 5.06. The van der Waals surface area contributed by atoms with E-state index in [-0.39, 0.29) is 23.3 Å². The van der Waals surface area contributed by atoms with Crippen LogP contribution in [0.15, 0.2) is 24.4 Å². The van der Waals surface area contributed by atoms with Gasteiger partial charge in [0.25, 0.3) is 0 Å². The first-order valence-electron chi connectivity index (χ1n) is 12.6. The topological polar surface area (TPSA) is 136 Å². The summed E-state index contributed by atoms with van der Waals surface area (Å²) in [6.07, 6.45) is 6.06. The molecule has 1 unspecified atom stereocenters. The Balaban J connectivity index is 1.37. The van der Waals surface area contributed by atoms with Crippen LogP contribution in [0.5, 0.6) is 0 Å². The van der Waals surface area contributed by atoms with Gasteiger partial charge in [-0.15, -0.1) is 0 Å². The Bertz CT molecular complexity index is 1220. The largest absolute Gasteiger partial charge is 0.383 e. The number of nitrogens with one attached hydrogen (secondary N) is 3. The molecular formula is C26H32N8O3. The average Bonchev–Trinajstić information content (AvgIpc) is 3.30. The van der Waals surface area contributed by atoms with Crippen LogP contribution in [0.25, 0.3) is 0 Å². The molecule has 37 heavy (non-hydrogen) atoms. The SMILES string of the molecule is COCCNc1cc(NC(=O)N2c3nc(C=O)ccc3C3(NCC4CCCN4C)CC2C3)ncc1C#N. The molecule has 2 aromatic rings. The van der Waals surface area contributed by atoms with Gasteiger partial charge < -0.3 is 20.3 Å². The van der Waals surface area contributed by atoms with Gasteiger partial charge in [-0.2, -0.15) is 5.26 Å². The summed E-state index contributed by atoms with van der Waals surface area (Å²) in [5, 5.41) is 19.2. The maximum Gasteiger partial charge on any atom is 0.328 e. The van der Waals surface area contributed by atoms with Crippen molar-refractivity contribution in [1.29, 1.82) is 5.26 Å². The molecule has 2 aromatic heterocycles. The molecule has 2 bridgehead atoms. The van der Waals surface area contributed by atoms with Crippen molar-refractivity contribution >= 4 is 29.6 Å².